The number of ether oxygens (including phenoxy) is 2. The van der Waals surface area contributed by atoms with Crippen molar-refractivity contribution in [2.24, 2.45) is 0 Å². The molecule has 1 amide bonds. The van der Waals surface area contributed by atoms with Crippen LogP contribution in [0.2, 0.25) is 0 Å². The van der Waals surface area contributed by atoms with Crippen LogP contribution in [0, 0.1) is 0 Å². The van der Waals surface area contributed by atoms with Gasteiger partial charge in [-0.2, -0.15) is 0 Å². The van der Waals surface area contributed by atoms with E-state index in [4.69, 9.17) is 9.47 Å². The molecule has 144 valence electrons. The zero-order valence-corrected chi connectivity index (χ0v) is 16.2. The summed E-state index contributed by atoms with van der Waals surface area (Å²) in [6.07, 6.45) is 0.151. The minimum absolute atomic E-state index is 0.0115. The largest absolute Gasteiger partial charge is 0.491 e. The van der Waals surface area contributed by atoms with E-state index >= 15 is 0 Å². The predicted molar refractivity (Wildman–Crippen MR) is 104 cm³/mol. The fourth-order valence-corrected chi connectivity index (χ4v) is 3.71. The molecule has 1 N–H and O–H groups in total. The molecule has 1 aliphatic rings. The molecule has 1 atom stereocenters. The van der Waals surface area contributed by atoms with E-state index in [0.717, 1.165) is 6.26 Å². The van der Waals surface area contributed by atoms with Crippen molar-refractivity contribution in [2.75, 3.05) is 22.4 Å². The van der Waals surface area contributed by atoms with Gasteiger partial charge in [-0.15, -0.1) is 0 Å². The fourth-order valence-electron chi connectivity index (χ4n) is 2.79. The molecule has 0 saturated heterocycles. The van der Waals surface area contributed by atoms with Gasteiger partial charge in [-0.05, 0) is 38.1 Å². The van der Waals surface area contributed by atoms with Crippen molar-refractivity contribution in [3.63, 3.8) is 0 Å². The van der Waals surface area contributed by atoms with Crippen LogP contribution in [0.5, 0.6) is 11.5 Å². The van der Waals surface area contributed by atoms with Crippen molar-refractivity contribution in [1.82, 2.24) is 0 Å². The summed E-state index contributed by atoms with van der Waals surface area (Å²) in [5.41, 5.74) is 0.975. The molecule has 0 spiro atoms. The van der Waals surface area contributed by atoms with E-state index in [1.165, 1.54) is 4.31 Å². The molecule has 1 aliphatic heterocycles. The zero-order chi connectivity index (χ0) is 19.6. The standard InChI is InChI=1S/C19H22N2O5S/c1-13(2)25-15-8-6-7-14(11-15)20-19(22)18-12-21(27(3,23)24)16-9-4-5-10-17(16)26-18/h4-11,13,18H,12H2,1-3H3,(H,20,22). The van der Waals surface area contributed by atoms with E-state index in [1.54, 1.807) is 48.5 Å². The number of benzene rings is 2. The first-order chi connectivity index (χ1) is 12.7. The lowest BCUT2D eigenvalue weighted by atomic mass is 10.2. The number of hydrogen-bond acceptors (Lipinski definition) is 5. The molecule has 0 bridgehead atoms. The van der Waals surface area contributed by atoms with Crippen LogP contribution in [0.4, 0.5) is 11.4 Å². The Kier molecular flexibility index (Phi) is 5.27. The minimum Gasteiger partial charge on any atom is -0.491 e. The number of anilines is 2. The van der Waals surface area contributed by atoms with Gasteiger partial charge in [0.25, 0.3) is 5.91 Å². The topological polar surface area (TPSA) is 84.9 Å². The molecule has 0 radical (unpaired) electrons. The molecular weight excluding hydrogens is 368 g/mol. The fraction of sp³-hybridized carbons (Fsp3) is 0.316. The summed E-state index contributed by atoms with van der Waals surface area (Å²) in [6, 6.07) is 13.8. The highest BCUT2D eigenvalue weighted by Crippen LogP contribution is 2.34. The Hall–Kier alpha value is -2.74. The third kappa shape index (κ3) is 4.51. The zero-order valence-electron chi connectivity index (χ0n) is 15.4. The summed E-state index contributed by atoms with van der Waals surface area (Å²) >= 11 is 0. The normalized spacial score (nSPS) is 16.4. The molecule has 2 aromatic rings. The number of carbonyl (C=O) groups is 1. The first-order valence-electron chi connectivity index (χ1n) is 8.55. The average Bonchev–Trinajstić information content (AvgIpc) is 2.59. The van der Waals surface area contributed by atoms with Gasteiger partial charge in [-0.1, -0.05) is 18.2 Å². The molecular formula is C19H22N2O5S. The number of nitrogens with zero attached hydrogens (tertiary/aromatic N) is 1. The third-order valence-electron chi connectivity index (χ3n) is 3.90. The molecule has 0 fully saturated rings. The number of hydrogen-bond donors (Lipinski definition) is 1. The van der Waals surface area contributed by atoms with E-state index < -0.39 is 22.0 Å². The van der Waals surface area contributed by atoms with Gasteiger partial charge in [-0.25, -0.2) is 8.42 Å². The van der Waals surface area contributed by atoms with Gasteiger partial charge in [0.15, 0.2) is 6.10 Å². The van der Waals surface area contributed by atoms with Gasteiger partial charge in [0, 0.05) is 11.8 Å². The second-order valence-corrected chi connectivity index (χ2v) is 8.46. The monoisotopic (exact) mass is 390 g/mol. The maximum atomic E-state index is 12.7. The Labute approximate surface area is 158 Å². The Morgan fingerprint density at radius 2 is 1.96 bits per heavy atom. The van der Waals surface area contributed by atoms with E-state index in [9.17, 15) is 13.2 Å². The van der Waals surface area contributed by atoms with Crippen molar-refractivity contribution in [2.45, 2.75) is 26.1 Å². The van der Waals surface area contributed by atoms with E-state index in [-0.39, 0.29) is 12.6 Å². The summed E-state index contributed by atoms with van der Waals surface area (Å²) in [5, 5.41) is 2.76. The van der Waals surface area contributed by atoms with Gasteiger partial charge < -0.3 is 14.8 Å². The summed E-state index contributed by atoms with van der Waals surface area (Å²) in [7, 11) is -3.55. The Balaban J connectivity index is 1.80. The van der Waals surface area contributed by atoms with Crippen molar-refractivity contribution in [3.8, 4) is 11.5 Å². The van der Waals surface area contributed by atoms with Crippen molar-refractivity contribution in [3.05, 3.63) is 48.5 Å². The SMILES string of the molecule is CC(C)Oc1cccc(NC(=O)C2CN(S(C)(=O)=O)c3ccccc3O2)c1. The van der Waals surface area contributed by atoms with Crippen LogP contribution in [-0.4, -0.2) is 39.3 Å². The predicted octanol–water partition coefficient (Wildman–Crippen LogP) is 2.64. The molecule has 0 aromatic heterocycles. The van der Waals surface area contributed by atoms with Gasteiger partial charge >= 0.3 is 0 Å². The first-order valence-corrected chi connectivity index (χ1v) is 10.4. The third-order valence-corrected chi connectivity index (χ3v) is 5.05. The second-order valence-electron chi connectivity index (χ2n) is 6.55. The first kappa shape index (κ1) is 19.0. The van der Waals surface area contributed by atoms with Crippen LogP contribution in [-0.2, 0) is 14.8 Å². The summed E-state index contributed by atoms with van der Waals surface area (Å²) in [4.78, 5) is 12.7. The number of carbonyl (C=O) groups excluding carboxylic acids is 1. The lowest BCUT2D eigenvalue weighted by Crippen LogP contribution is -2.48. The van der Waals surface area contributed by atoms with Gasteiger partial charge in [0.1, 0.15) is 11.5 Å². The molecule has 7 nitrogen and oxygen atoms in total. The van der Waals surface area contributed by atoms with Gasteiger partial charge in [-0.3, -0.25) is 9.10 Å². The average molecular weight is 390 g/mol. The Morgan fingerprint density at radius 3 is 2.67 bits per heavy atom. The number of para-hydroxylation sites is 2. The maximum Gasteiger partial charge on any atom is 0.267 e. The van der Waals surface area contributed by atoms with Crippen molar-refractivity contribution < 1.29 is 22.7 Å². The number of rotatable bonds is 5. The quantitative estimate of drug-likeness (QED) is 0.848. The highest BCUT2D eigenvalue weighted by Gasteiger charge is 2.34. The maximum absolute atomic E-state index is 12.7. The number of sulfonamides is 1. The van der Waals surface area contributed by atoms with Crippen molar-refractivity contribution in [1.29, 1.82) is 0 Å². The highest BCUT2D eigenvalue weighted by molar-refractivity contribution is 7.92. The van der Waals surface area contributed by atoms with Crippen LogP contribution >= 0.6 is 0 Å². The molecule has 1 heterocycles. The second kappa shape index (κ2) is 7.48. The van der Waals surface area contributed by atoms with Crippen LogP contribution in [0.25, 0.3) is 0 Å². The van der Waals surface area contributed by atoms with Gasteiger partial charge in [0.05, 0.1) is 24.6 Å². The molecule has 0 aliphatic carbocycles. The Morgan fingerprint density at radius 1 is 1.22 bits per heavy atom. The molecule has 2 aromatic carbocycles. The molecule has 1 unspecified atom stereocenters. The van der Waals surface area contributed by atoms with Crippen LogP contribution < -0.4 is 19.1 Å². The molecule has 27 heavy (non-hydrogen) atoms. The van der Waals surface area contributed by atoms with Crippen LogP contribution in [0.1, 0.15) is 13.8 Å². The summed E-state index contributed by atoms with van der Waals surface area (Å²) < 4.78 is 36.8. The minimum atomic E-state index is -3.55. The van der Waals surface area contributed by atoms with E-state index in [2.05, 4.69) is 5.32 Å². The summed E-state index contributed by atoms with van der Waals surface area (Å²) in [6.45, 7) is 3.74. The number of amides is 1. The Bertz CT molecular complexity index is 943. The molecule has 0 saturated carbocycles. The van der Waals surface area contributed by atoms with Gasteiger partial charge in [0.2, 0.25) is 10.0 Å². The van der Waals surface area contributed by atoms with E-state index in [1.807, 2.05) is 13.8 Å². The number of nitrogens with one attached hydrogen (secondary N) is 1. The number of fused-ring (bicyclic) bond motifs is 1. The summed E-state index contributed by atoms with van der Waals surface area (Å²) in [5.74, 6) is 0.557. The molecule has 8 heteroatoms. The van der Waals surface area contributed by atoms with E-state index in [0.29, 0.717) is 22.9 Å². The van der Waals surface area contributed by atoms with Crippen LogP contribution in [0.15, 0.2) is 48.5 Å². The smallest absolute Gasteiger partial charge is 0.267 e. The lowest BCUT2D eigenvalue weighted by Gasteiger charge is -2.33. The van der Waals surface area contributed by atoms with Crippen molar-refractivity contribution >= 4 is 27.3 Å². The molecule has 3 rings (SSSR count). The van der Waals surface area contributed by atoms with Crippen LogP contribution in [0.3, 0.4) is 0 Å². The highest BCUT2D eigenvalue weighted by atomic mass is 32.2. The lowest BCUT2D eigenvalue weighted by molar-refractivity contribution is -0.122.